The molecule has 15 heteroatoms. The maximum absolute atomic E-state index is 12.1. The third-order valence-corrected chi connectivity index (χ3v) is 22.7. The minimum absolute atomic E-state index is 0.0493. The van der Waals surface area contributed by atoms with Crippen molar-refractivity contribution >= 4 is 105 Å². The second kappa shape index (κ2) is 29.0. The van der Waals surface area contributed by atoms with Crippen LogP contribution in [-0.2, 0) is 14.0 Å². The lowest BCUT2D eigenvalue weighted by atomic mass is 9.76. The van der Waals surface area contributed by atoms with Gasteiger partial charge in [0.05, 0.1) is 52.2 Å². The lowest BCUT2D eigenvalue weighted by Gasteiger charge is -2.45. The van der Waals surface area contributed by atoms with Crippen molar-refractivity contribution in [3.63, 3.8) is 0 Å². The molecule has 558 valence electrons. The molecule has 2 fully saturated rings. The van der Waals surface area contributed by atoms with Gasteiger partial charge in [-0.15, -0.1) is 0 Å². The Labute approximate surface area is 665 Å². The number of fused-ring (bicyclic) bond motifs is 17. The number of aliphatic hydroxyl groups is 2. The summed E-state index contributed by atoms with van der Waals surface area (Å²) in [5.74, 6) is 0.413. The van der Waals surface area contributed by atoms with E-state index < -0.39 is 37.8 Å². The molecule has 6 aromatic heterocycles. The molecule has 12 heterocycles. The fourth-order valence-electron chi connectivity index (χ4n) is 16.6. The molecule has 2 saturated heterocycles. The maximum atomic E-state index is 12.1. The number of hydrogen-bond donors (Lipinski definition) is 6. The van der Waals surface area contributed by atoms with E-state index >= 15 is 0 Å². The van der Waals surface area contributed by atoms with Crippen molar-refractivity contribution in [2.45, 2.75) is 72.2 Å². The highest BCUT2D eigenvalue weighted by molar-refractivity contribution is 6.61. The number of nitrogens with one attached hydrogen (secondary N) is 4. The molecule has 20 rings (SSSR count). The Kier molecular flexibility index (Phi) is 17.8. The van der Waals surface area contributed by atoms with E-state index in [9.17, 15) is 10.2 Å². The Morgan fingerprint density at radius 2 is 0.522 bits per heavy atom. The maximum Gasteiger partial charge on any atom is 0.494 e. The number of aliphatic hydroxyl groups excluding tert-OH is 2. The van der Waals surface area contributed by atoms with Crippen LogP contribution >= 0.6 is 0 Å². The predicted octanol–water partition coefficient (Wildman–Crippen LogP) is 21.4. The Morgan fingerprint density at radius 1 is 0.296 bits per heavy atom. The smallest absolute Gasteiger partial charge is 0.462 e. The van der Waals surface area contributed by atoms with Gasteiger partial charge in [-0.3, -0.25) is 0 Å². The summed E-state index contributed by atoms with van der Waals surface area (Å²) in [5, 5.41) is 24.1. The molecular weight excluding hydrogens is 1420 g/mol. The van der Waals surface area contributed by atoms with Crippen molar-refractivity contribution in [1.82, 2.24) is 39.9 Å². The van der Waals surface area contributed by atoms with E-state index in [1.165, 1.54) is 11.1 Å². The lowest BCUT2D eigenvalue weighted by Crippen LogP contribution is -2.66. The van der Waals surface area contributed by atoms with Crippen LogP contribution < -0.4 is 10.2 Å². The summed E-state index contributed by atoms with van der Waals surface area (Å²) in [6.07, 6.45) is 11.0. The zero-order valence-corrected chi connectivity index (χ0v) is 64.2. The first-order valence-electron chi connectivity index (χ1n) is 39.1. The van der Waals surface area contributed by atoms with E-state index in [1.807, 2.05) is 36.4 Å². The first-order valence-corrected chi connectivity index (χ1v) is 39.1. The fraction of sp³-hybridized carbons (Fsp3) is 0.120. The van der Waals surface area contributed by atoms with Crippen LogP contribution in [0, 0.1) is 41.5 Å². The minimum atomic E-state index is -1.49. The first-order chi connectivity index (χ1) is 56.2. The molecule has 0 aliphatic carbocycles. The van der Waals surface area contributed by atoms with Gasteiger partial charge < -0.3 is 48.9 Å². The van der Waals surface area contributed by atoms with Crippen LogP contribution in [0.3, 0.4) is 0 Å². The zero-order valence-electron chi connectivity index (χ0n) is 64.2. The molecule has 6 aliphatic rings. The Morgan fingerprint density at radius 3 is 0.765 bits per heavy atom. The Balaban J connectivity index is 0.622. The lowest BCUT2D eigenvalue weighted by molar-refractivity contribution is -0.282. The molecule has 6 N–H and O–H groups in total. The van der Waals surface area contributed by atoms with E-state index in [4.69, 9.17) is 38.7 Å². The number of ether oxygens (including phenoxy) is 2. The second-order valence-electron chi connectivity index (χ2n) is 30.8. The van der Waals surface area contributed by atoms with E-state index in [1.54, 1.807) is 0 Å². The molecular formula is C100H79BN8O6. The summed E-state index contributed by atoms with van der Waals surface area (Å²) >= 11 is 0. The monoisotopic (exact) mass is 1500 g/mol. The predicted molar refractivity (Wildman–Crippen MR) is 467 cm³/mol. The second-order valence-corrected chi connectivity index (χ2v) is 30.8. The van der Waals surface area contributed by atoms with Crippen molar-refractivity contribution in [3.8, 4) is 94.8 Å². The molecule has 6 aliphatic heterocycles. The Bertz CT molecular complexity index is 6630. The molecule has 0 spiro atoms. The SMILES string of the molecule is Cc1ccc(-c2c3nc(c(-c4ccc(C)cc4)c4ccc([nH]4)c(-c4ccc(O[C@@H]5O[C@@H]6COB(c7ccc(-c8c9nc(c(-c%10ccc(C)cc%10)c%10ccc([nH]%10)c(-c%10ccc(C)cc%10)c%10nc(c(-c%11ccc(C)cc%11)c%11ccc8[nH]%11)C=C%10)C=C9)cc7)O[C@H]6[C@H](O)[C@H]5O)cc4)c4nc(c(-c5ccc(C)cc5)c5ccc2[nH]5)C=C4)C=C3)cc1. The summed E-state index contributed by atoms with van der Waals surface area (Å²) in [7, 11) is -0.903. The quantitative estimate of drug-likeness (QED) is 0.0679. The van der Waals surface area contributed by atoms with Crippen molar-refractivity contribution < 1.29 is 29.0 Å². The molecule has 0 saturated carbocycles. The van der Waals surface area contributed by atoms with Crippen LogP contribution in [0.4, 0.5) is 0 Å². The summed E-state index contributed by atoms with van der Waals surface area (Å²) < 4.78 is 26.1. The van der Waals surface area contributed by atoms with E-state index in [2.05, 4.69) is 316 Å². The van der Waals surface area contributed by atoms with Crippen LogP contribution in [0.2, 0.25) is 0 Å². The summed E-state index contributed by atoms with van der Waals surface area (Å²) in [4.78, 5) is 37.6. The van der Waals surface area contributed by atoms with Crippen LogP contribution in [0.15, 0.2) is 243 Å². The van der Waals surface area contributed by atoms with Crippen molar-refractivity contribution in [3.05, 3.63) is 322 Å². The number of H-pyrrole nitrogens is 4. The topological polar surface area (TPSA) is 192 Å². The average Bonchev–Trinajstić information content (AvgIpc) is 1.63. The van der Waals surface area contributed by atoms with E-state index in [0.29, 0.717) is 11.2 Å². The third-order valence-electron chi connectivity index (χ3n) is 22.7. The van der Waals surface area contributed by atoms with Crippen LogP contribution in [0.5, 0.6) is 5.75 Å². The van der Waals surface area contributed by atoms with Gasteiger partial charge in [0, 0.05) is 88.6 Å². The third kappa shape index (κ3) is 13.3. The fourth-order valence-corrected chi connectivity index (χ4v) is 16.6. The number of aryl methyl sites for hydroxylation is 6. The molecule has 0 unspecified atom stereocenters. The molecule has 5 atom stereocenters. The number of nitrogens with zero attached hydrogens (tertiary/aromatic N) is 4. The molecule has 14 nitrogen and oxygen atoms in total. The highest BCUT2D eigenvalue weighted by Gasteiger charge is 2.51. The summed E-state index contributed by atoms with van der Waals surface area (Å²) in [6.45, 7) is 12.7. The van der Waals surface area contributed by atoms with Crippen LogP contribution in [0.1, 0.15) is 78.9 Å². The Hall–Kier alpha value is -13.4. The number of aromatic amines is 4. The van der Waals surface area contributed by atoms with Crippen molar-refractivity contribution in [2.24, 2.45) is 0 Å². The first kappa shape index (κ1) is 70.7. The standard InChI is InChI=1S/C100H79BN8O6/c1-56-7-19-62(20-8-56)89-72-39-43-76(102-72)91(64-23-11-58(3)12-24-64)80-47-51-84(106-80)95(85-52-48-81(107-85)92(77-44-40-73(89)103-77)65-25-13-59(4)14-26-65)68-31-35-70(36-32-68)101-112-55-88-99(115-101)97(110)98(111)100(114-88)113-71-37-33-69(34-38-71)96-86-53-49-82(108-86)93(66-27-15-60(5)16-28-66)78-45-41-74(104-78)90(63-21-9-57(2)10-22-63)75-42-46-79(105-75)94(83-50-54-87(96)109-83)67-29-17-61(6)18-30-67/h7-54,88,97-100,102,104,107,109-111H,55H2,1-6H3/t88-,97-,98-,99-,100-/m1/s1. The van der Waals surface area contributed by atoms with Gasteiger partial charge in [-0.05, 0) is 201 Å². The van der Waals surface area contributed by atoms with Gasteiger partial charge in [-0.25, -0.2) is 19.9 Å². The molecule has 0 amide bonds. The molecule has 8 aromatic carbocycles. The molecule has 0 radical (unpaired) electrons. The number of aromatic nitrogens is 8. The van der Waals surface area contributed by atoms with Gasteiger partial charge >= 0.3 is 7.12 Å². The van der Waals surface area contributed by atoms with Crippen LogP contribution in [0.25, 0.3) is 182 Å². The van der Waals surface area contributed by atoms with Gasteiger partial charge in [0.15, 0.2) is 0 Å². The number of hydrogen-bond acceptors (Lipinski definition) is 10. The van der Waals surface area contributed by atoms with Crippen LogP contribution in [-0.4, -0.2) is 94.5 Å². The van der Waals surface area contributed by atoms with Crippen molar-refractivity contribution in [1.29, 1.82) is 0 Å². The number of benzene rings is 8. The minimum Gasteiger partial charge on any atom is -0.462 e. The van der Waals surface area contributed by atoms with E-state index in [-0.39, 0.29) is 6.61 Å². The van der Waals surface area contributed by atoms with Gasteiger partial charge in [0.25, 0.3) is 0 Å². The van der Waals surface area contributed by atoms with Gasteiger partial charge in [0.1, 0.15) is 30.2 Å². The average molecular weight is 1500 g/mol. The highest BCUT2D eigenvalue weighted by Crippen LogP contribution is 2.43. The van der Waals surface area contributed by atoms with Gasteiger partial charge in [-0.1, -0.05) is 215 Å². The molecule has 16 bridgehead atoms. The number of rotatable bonds is 11. The van der Waals surface area contributed by atoms with Gasteiger partial charge in [-0.2, -0.15) is 0 Å². The zero-order chi connectivity index (χ0) is 77.7. The van der Waals surface area contributed by atoms with E-state index in [0.717, 1.165) is 201 Å². The summed E-state index contributed by atoms with van der Waals surface area (Å²) in [6, 6.07) is 84.5. The molecule has 115 heavy (non-hydrogen) atoms. The summed E-state index contributed by atoms with van der Waals surface area (Å²) in [5.41, 5.74) is 36.7. The van der Waals surface area contributed by atoms with Crippen molar-refractivity contribution in [2.75, 3.05) is 6.61 Å². The van der Waals surface area contributed by atoms with Gasteiger partial charge in [0.2, 0.25) is 6.29 Å². The highest BCUT2D eigenvalue weighted by atomic mass is 16.7. The largest absolute Gasteiger partial charge is 0.494 e. The normalized spacial score (nSPS) is 16.8. The molecule has 14 aromatic rings.